The minimum Gasteiger partial charge on any atom is -0.483 e. The maximum atomic E-state index is 12.0. The molecular weight excluding hydrogens is 344 g/mol. The van der Waals surface area contributed by atoms with Crippen LogP contribution in [0.4, 0.5) is 0 Å². The number of rotatable bonds is 7. The van der Waals surface area contributed by atoms with E-state index in [1.165, 1.54) is 19.3 Å². The van der Waals surface area contributed by atoms with Gasteiger partial charge in [0.15, 0.2) is 18.1 Å². The van der Waals surface area contributed by atoms with Gasteiger partial charge in [0.05, 0.1) is 0 Å². The van der Waals surface area contributed by atoms with E-state index < -0.39 is 0 Å². The van der Waals surface area contributed by atoms with Crippen LogP contribution in [0.3, 0.4) is 0 Å². The lowest BCUT2D eigenvalue weighted by Gasteiger charge is -2.22. The lowest BCUT2D eigenvalue weighted by molar-refractivity contribution is -0.124. The number of hydrogen-bond acceptors (Lipinski definition) is 4. The summed E-state index contributed by atoms with van der Waals surface area (Å²) in [6.45, 7) is 4.28. The van der Waals surface area contributed by atoms with Crippen molar-refractivity contribution in [2.24, 2.45) is 0 Å². The molecule has 1 aliphatic carbocycles. The highest BCUT2D eigenvalue weighted by Crippen LogP contribution is 2.41. The first-order valence-electron chi connectivity index (χ1n) is 9.93. The van der Waals surface area contributed by atoms with Gasteiger partial charge in [-0.2, -0.15) is 0 Å². The molecule has 27 heavy (non-hydrogen) atoms. The molecule has 2 amide bonds. The molecule has 148 valence electrons. The third kappa shape index (κ3) is 5.62. The van der Waals surface area contributed by atoms with Gasteiger partial charge in [-0.1, -0.05) is 31.4 Å². The van der Waals surface area contributed by atoms with Crippen LogP contribution in [0.5, 0.6) is 11.5 Å². The molecule has 3 rings (SSSR count). The Morgan fingerprint density at radius 2 is 1.96 bits per heavy atom. The van der Waals surface area contributed by atoms with Gasteiger partial charge in [-0.25, -0.2) is 0 Å². The molecule has 0 spiro atoms. The van der Waals surface area contributed by atoms with E-state index in [4.69, 9.17) is 9.47 Å². The molecule has 1 aromatic carbocycles. The highest BCUT2D eigenvalue weighted by Gasteiger charge is 2.32. The second kappa shape index (κ2) is 8.63. The van der Waals surface area contributed by atoms with Crippen LogP contribution in [-0.2, 0) is 16.0 Å². The molecule has 6 heteroatoms. The Bertz CT molecular complexity index is 681. The molecule has 1 saturated carbocycles. The number of fused-ring (bicyclic) bond motifs is 1. The average molecular weight is 374 g/mol. The van der Waals surface area contributed by atoms with Crippen molar-refractivity contribution >= 4 is 11.8 Å². The largest absolute Gasteiger partial charge is 0.483 e. The Kier molecular flexibility index (Phi) is 6.24. The van der Waals surface area contributed by atoms with E-state index >= 15 is 0 Å². The van der Waals surface area contributed by atoms with E-state index in [-0.39, 0.29) is 24.0 Å². The minimum absolute atomic E-state index is 0.000344. The predicted octanol–water partition coefficient (Wildman–Crippen LogP) is 2.73. The smallest absolute Gasteiger partial charge is 0.257 e. The number of carbonyl (C=O) groups is 2. The number of para-hydroxylation sites is 1. The van der Waals surface area contributed by atoms with Crippen molar-refractivity contribution in [1.29, 1.82) is 0 Å². The van der Waals surface area contributed by atoms with Gasteiger partial charge in [-0.15, -0.1) is 0 Å². The highest BCUT2D eigenvalue weighted by atomic mass is 16.5. The van der Waals surface area contributed by atoms with Crippen molar-refractivity contribution in [2.45, 2.75) is 70.4 Å². The maximum absolute atomic E-state index is 12.0. The van der Waals surface area contributed by atoms with Crippen molar-refractivity contribution in [3.05, 3.63) is 23.8 Å². The van der Waals surface area contributed by atoms with Gasteiger partial charge in [0.25, 0.3) is 5.91 Å². The summed E-state index contributed by atoms with van der Waals surface area (Å²) < 4.78 is 11.6. The number of carbonyl (C=O) groups excluding carboxylic acids is 2. The van der Waals surface area contributed by atoms with E-state index in [1.807, 2.05) is 32.0 Å². The van der Waals surface area contributed by atoms with Crippen LogP contribution in [0.15, 0.2) is 18.2 Å². The zero-order valence-corrected chi connectivity index (χ0v) is 16.3. The van der Waals surface area contributed by atoms with E-state index in [1.54, 1.807) is 0 Å². The molecule has 0 unspecified atom stereocenters. The van der Waals surface area contributed by atoms with Gasteiger partial charge < -0.3 is 20.1 Å². The fraction of sp³-hybridized carbons (Fsp3) is 0.619. The zero-order valence-electron chi connectivity index (χ0n) is 16.3. The van der Waals surface area contributed by atoms with Crippen molar-refractivity contribution in [3.63, 3.8) is 0 Å². The molecule has 0 radical (unpaired) electrons. The van der Waals surface area contributed by atoms with E-state index in [0.29, 0.717) is 24.8 Å². The van der Waals surface area contributed by atoms with Crippen LogP contribution in [0.25, 0.3) is 0 Å². The number of nitrogens with one attached hydrogen (secondary N) is 2. The molecule has 1 fully saturated rings. The quantitative estimate of drug-likeness (QED) is 0.769. The average Bonchev–Trinajstić information content (AvgIpc) is 2.95. The standard InChI is InChI=1S/C21H30N2O4/c1-21(2)13-15-7-6-10-17(20(15)27-21)26-14-19(25)22-12-11-18(24)23-16-8-4-3-5-9-16/h6-7,10,16H,3-5,8-9,11-14H2,1-2H3,(H,22,25)(H,23,24). The van der Waals surface area contributed by atoms with Crippen molar-refractivity contribution in [2.75, 3.05) is 13.2 Å². The van der Waals surface area contributed by atoms with Crippen LogP contribution in [0.2, 0.25) is 0 Å². The fourth-order valence-electron chi connectivity index (χ4n) is 3.76. The van der Waals surface area contributed by atoms with Gasteiger partial charge >= 0.3 is 0 Å². The summed E-state index contributed by atoms with van der Waals surface area (Å²) in [5.41, 5.74) is 0.840. The first kappa shape index (κ1) is 19.5. The molecule has 0 atom stereocenters. The lowest BCUT2D eigenvalue weighted by atomic mass is 9.95. The Hall–Kier alpha value is -2.24. The normalized spacial score (nSPS) is 18.3. The topological polar surface area (TPSA) is 76.7 Å². The van der Waals surface area contributed by atoms with Gasteiger partial charge in [-0.3, -0.25) is 9.59 Å². The summed E-state index contributed by atoms with van der Waals surface area (Å²) in [5.74, 6) is 1.07. The third-order valence-electron chi connectivity index (χ3n) is 5.06. The van der Waals surface area contributed by atoms with Crippen LogP contribution in [-0.4, -0.2) is 36.6 Å². The molecule has 6 nitrogen and oxygen atoms in total. The SMILES string of the molecule is CC1(C)Cc2cccc(OCC(=O)NCCC(=O)NC3CCCCC3)c2O1. The Balaban J connectivity index is 1.37. The van der Waals surface area contributed by atoms with E-state index in [9.17, 15) is 9.59 Å². The van der Waals surface area contributed by atoms with Crippen LogP contribution >= 0.6 is 0 Å². The van der Waals surface area contributed by atoms with E-state index in [2.05, 4.69) is 10.6 Å². The highest BCUT2D eigenvalue weighted by molar-refractivity contribution is 5.80. The molecule has 1 aliphatic heterocycles. The van der Waals surface area contributed by atoms with Gasteiger partial charge in [0, 0.05) is 31.0 Å². The summed E-state index contributed by atoms with van der Waals surface area (Å²) in [6, 6.07) is 6.04. The van der Waals surface area contributed by atoms with Crippen LogP contribution in [0, 0.1) is 0 Å². The fourth-order valence-corrected chi connectivity index (χ4v) is 3.76. The monoisotopic (exact) mass is 374 g/mol. The first-order chi connectivity index (χ1) is 12.9. The van der Waals surface area contributed by atoms with Gasteiger partial charge in [0.1, 0.15) is 5.60 Å². The molecule has 2 aliphatic rings. The first-order valence-corrected chi connectivity index (χ1v) is 9.93. The minimum atomic E-state index is -0.254. The second-order valence-electron chi connectivity index (χ2n) is 8.07. The summed E-state index contributed by atoms with van der Waals surface area (Å²) >= 11 is 0. The molecule has 1 aromatic rings. The zero-order chi connectivity index (χ0) is 19.3. The summed E-state index contributed by atoms with van der Waals surface area (Å²) in [7, 11) is 0. The second-order valence-corrected chi connectivity index (χ2v) is 8.07. The number of hydrogen-bond donors (Lipinski definition) is 2. The molecule has 0 saturated heterocycles. The maximum Gasteiger partial charge on any atom is 0.257 e. The van der Waals surface area contributed by atoms with Gasteiger partial charge in [-0.05, 0) is 32.8 Å². The van der Waals surface area contributed by atoms with Crippen molar-refractivity contribution < 1.29 is 19.1 Å². The number of benzene rings is 1. The van der Waals surface area contributed by atoms with Crippen molar-refractivity contribution in [3.8, 4) is 11.5 Å². The lowest BCUT2D eigenvalue weighted by Crippen LogP contribution is -2.38. The molecule has 0 aromatic heterocycles. The molecule has 1 heterocycles. The van der Waals surface area contributed by atoms with Crippen LogP contribution < -0.4 is 20.1 Å². The van der Waals surface area contributed by atoms with Crippen LogP contribution in [0.1, 0.15) is 57.9 Å². The summed E-state index contributed by atoms with van der Waals surface area (Å²) in [5, 5.41) is 5.79. The Morgan fingerprint density at radius 1 is 1.19 bits per heavy atom. The number of ether oxygens (including phenoxy) is 2. The molecule has 0 bridgehead atoms. The molecule has 2 N–H and O–H groups in total. The molecular formula is C21H30N2O4. The summed E-state index contributed by atoms with van der Waals surface area (Å²) in [6.07, 6.45) is 6.86. The summed E-state index contributed by atoms with van der Waals surface area (Å²) in [4.78, 5) is 24.0. The van der Waals surface area contributed by atoms with E-state index in [0.717, 1.165) is 30.6 Å². The van der Waals surface area contributed by atoms with Crippen molar-refractivity contribution in [1.82, 2.24) is 10.6 Å². The van der Waals surface area contributed by atoms with Gasteiger partial charge in [0.2, 0.25) is 5.91 Å². The third-order valence-corrected chi connectivity index (χ3v) is 5.06. The number of amides is 2. The Morgan fingerprint density at radius 3 is 2.74 bits per heavy atom. The Labute approximate surface area is 161 Å². The predicted molar refractivity (Wildman–Crippen MR) is 103 cm³/mol.